The molecule has 0 bridgehead atoms. The Morgan fingerprint density at radius 1 is 1.33 bits per heavy atom. The normalized spacial score (nSPS) is 28.6. The number of fused-ring (bicyclic) bond motifs is 1. The highest BCUT2D eigenvalue weighted by Crippen LogP contribution is 2.37. The lowest BCUT2D eigenvalue weighted by atomic mass is 10.1. The van der Waals surface area contributed by atoms with Gasteiger partial charge < -0.3 is 15.2 Å². The molecule has 1 saturated carbocycles. The van der Waals surface area contributed by atoms with Crippen LogP contribution in [-0.4, -0.2) is 45.0 Å². The summed E-state index contributed by atoms with van der Waals surface area (Å²) in [6.07, 6.45) is 3.31. The lowest BCUT2D eigenvalue weighted by molar-refractivity contribution is -0.0136. The minimum absolute atomic E-state index is 0.0126. The number of anilines is 1. The Morgan fingerprint density at radius 3 is 2.85 bits per heavy atom. The van der Waals surface area contributed by atoms with Gasteiger partial charge in [0.05, 0.1) is 24.1 Å². The van der Waals surface area contributed by atoms with Crippen molar-refractivity contribution in [3.05, 3.63) is 26.6 Å². The second-order valence-corrected chi connectivity index (χ2v) is 8.48. The Balaban J connectivity index is 1.83. The number of ether oxygens (including phenoxy) is 1. The predicted octanol–water partition coefficient (Wildman–Crippen LogP) is 2.79. The van der Waals surface area contributed by atoms with Crippen LogP contribution in [0.15, 0.2) is 15.5 Å². The number of nitrogens with one attached hydrogen (secondary N) is 1. The number of hydrogen-bond donors (Lipinski definition) is 2. The van der Waals surface area contributed by atoms with E-state index in [1.165, 1.54) is 0 Å². The number of aryl methyl sites for hydroxylation is 1. The summed E-state index contributed by atoms with van der Waals surface area (Å²) in [5.74, 6) is 0.862. The SMILES string of the molecule is Cc1cc(=O)n([C@@H]2CCC[C@@H]2C)c2nc(N[C@@H]3CCOC[C@H]3O)nc(Br)c12. The largest absolute Gasteiger partial charge is 0.389 e. The number of nitrogens with zero attached hydrogens (tertiary/aromatic N) is 3. The maximum absolute atomic E-state index is 12.9. The zero-order valence-corrected chi connectivity index (χ0v) is 17.2. The summed E-state index contributed by atoms with van der Waals surface area (Å²) in [6, 6.07) is 1.67. The van der Waals surface area contributed by atoms with Gasteiger partial charge >= 0.3 is 0 Å². The second kappa shape index (κ2) is 7.48. The van der Waals surface area contributed by atoms with Gasteiger partial charge in [-0.15, -0.1) is 0 Å². The number of halogens is 1. The van der Waals surface area contributed by atoms with E-state index in [1.54, 1.807) is 6.07 Å². The molecule has 0 unspecified atom stereocenters. The van der Waals surface area contributed by atoms with Gasteiger partial charge in [-0.2, -0.15) is 4.98 Å². The molecule has 2 fully saturated rings. The highest BCUT2D eigenvalue weighted by molar-refractivity contribution is 9.10. The summed E-state index contributed by atoms with van der Waals surface area (Å²) in [6.45, 7) is 5.00. The molecular formula is C19H25BrN4O3. The third kappa shape index (κ3) is 3.50. The van der Waals surface area contributed by atoms with E-state index in [2.05, 4.69) is 33.2 Å². The number of aliphatic hydroxyl groups is 1. The van der Waals surface area contributed by atoms with Crippen molar-refractivity contribution in [3.8, 4) is 0 Å². The molecule has 8 heteroatoms. The number of aromatic nitrogens is 3. The van der Waals surface area contributed by atoms with Crippen LogP contribution in [0.5, 0.6) is 0 Å². The zero-order chi connectivity index (χ0) is 19.1. The van der Waals surface area contributed by atoms with Crippen LogP contribution in [0.25, 0.3) is 11.0 Å². The van der Waals surface area contributed by atoms with E-state index in [9.17, 15) is 9.90 Å². The van der Waals surface area contributed by atoms with Crippen LogP contribution in [-0.2, 0) is 4.74 Å². The van der Waals surface area contributed by atoms with Crippen LogP contribution in [0, 0.1) is 12.8 Å². The van der Waals surface area contributed by atoms with Gasteiger partial charge in [0.2, 0.25) is 5.95 Å². The van der Waals surface area contributed by atoms with Gasteiger partial charge in [-0.3, -0.25) is 9.36 Å². The molecule has 2 aromatic heterocycles. The van der Waals surface area contributed by atoms with Crippen LogP contribution in [0.1, 0.15) is 44.2 Å². The summed E-state index contributed by atoms with van der Waals surface area (Å²) in [7, 11) is 0. The minimum atomic E-state index is -0.605. The number of rotatable bonds is 3. The molecule has 2 aromatic rings. The average Bonchev–Trinajstić information content (AvgIpc) is 3.02. The first-order valence-electron chi connectivity index (χ1n) is 9.57. The van der Waals surface area contributed by atoms with Gasteiger partial charge in [-0.05, 0) is 53.6 Å². The van der Waals surface area contributed by atoms with Crippen molar-refractivity contribution in [1.29, 1.82) is 0 Å². The molecule has 2 aliphatic rings. The summed E-state index contributed by atoms with van der Waals surface area (Å²) in [5, 5.41) is 14.3. The zero-order valence-electron chi connectivity index (χ0n) is 15.6. The summed E-state index contributed by atoms with van der Waals surface area (Å²) in [4.78, 5) is 22.1. The maximum atomic E-state index is 12.9. The smallest absolute Gasteiger partial charge is 0.252 e. The molecule has 7 nitrogen and oxygen atoms in total. The summed E-state index contributed by atoms with van der Waals surface area (Å²) in [5.41, 5.74) is 1.51. The standard InChI is InChI=1S/C19H25BrN4O3/c1-10-4-3-5-13(10)24-15(26)8-11(2)16-17(20)22-19(23-18(16)24)21-12-6-7-27-9-14(12)25/h8,10,12-14,25H,3-7,9H2,1-2H3,(H,21,22,23)/t10-,12+,13+,14+/m0/s1. The fourth-order valence-corrected chi connectivity index (χ4v) is 4.98. The molecular weight excluding hydrogens is 412 g/mol. The first kappa shape index (κ1) is 18.8. The molecule has 0 radical (unpaired) electrons. The Hall–Kier alpha value is -1.51. The quantitative estimate of drug-likeness (QED) is 0.718. The predicted molar refractivity (Wildman–Crippen MR) is 107 cm³/mol. The molecule has 1 saturated heterocycles. The van der Waals surface area contributed by atoms with Gasteiger partial charge in [0, 0.05) is 18.7 Å². The van der Waals surface area contributed by atoms with Crippen molar-refractivity contribution in [3.63, 3.8) is 0 Å². The van der Waals surface area contributed by atoms with Gasteiger partial charge in [-0.25, -0.2) is 4.98 Å². The summed E-state index contributed by atoms with van der Waals surface area (Å²) < 4.78 is 7.79. The number of aliphatic hydroxyl groups excluding tert-OH is 1. The average molecular weight is 437 g/mol. The van der Waals surface area contributed by atoms with Crippen molar-refractivity contribution in [1.82, 2.24) is 14.5 Å². The first-order chi connectivity index (χ1) is 13.0. The van der Waals surface area contributed by atoms with Crippen LogP contribution >= 0.6 is 15.9 Å². The van der Waals surface area contributed by atoms with Gasteiger partial charge in [0.15, 0.2) is 0 Å². The Bertz CT molecular complexity index is 916. The lowest BCUT2D eigenvalue weighted by Gasteiger charge is -2.28. The molecule has 0 aromatic carbocycles. The first-order valence-corrected chi connectivity index (χ1v) is 10.4. The van der Waals surface area contributed by atoms with Crippen molar-refractivity contribution in [2.45, 2.75) is 57.7 Å². The van der Waals surface area contributed by atoms with E-state index in [1.807, 2.05) is 11.5 Å². The Morgan fingerprint density at radius 2 is 2.15 bits per heavy atom. The topological polar surface area (TPSA) is 89.3 Å². The van der Waals surface area contributed by atoms with E-state index < -0.39 is 6.10 Å². The Kier molecular flexibility index (Phi) is 5.22. The molecule has 1 aliphatic carbocycles. The molecule has 27 heavy (non-hydrogen) atoms. The van der Waals surface area contributed by atoms with Crippen LogP contribution in [0.3, 0.4) is 0 Å². The molecule has 1 aliphatic heterocycles. The van der Waals surface area contributed by atoms with Crippen molar-refractivity contribution >= 4 is 32.9 Å². The minimum Gasteiger partial charge on any atom is -0.389 e. The molecule has 0 amide bonds. The summed E-state index contributed by atoms with van der Waals surface area (Å²) >= 11 is 3.57. The maximum Gasteiger partial charge on any atom is 0.252 e. The molecule has 146 valence electrons. The van der Waals surface area contributed by atoms with E-state index in [4.69, 9.17) is 9.72 Å². The van der Waals surface area contributed by atoms with Crippen molar-refractivity contribution in [2.24, 2.45) is 5.92 Å². The number of pyridine rings is 1. The van der Waals surface area contributed by atoms with Gasteiger partial charge in [0.25, 0.3) is 5.56 Å². The fraction of sp³-hybridized carbons (Fsp3) is 0.632. The molecule has 4 atom stereocenters. The molecule has 0 spiro atoms. The van der Waals surface area contributed by atoms with Gasteiger partial charge in [-0.1, -0.05) is 13.3 Å². The molecule has 4 rings (SSSR count). The lowest BCUT2D eigenvalue weighted by Crippen LogP contribution is -2.42. The van der Waals surface area contributed by atoms with Crippen LogP contribution in [0.4, 0.5) is 5.95 Å². The van der Waals surface area contributed by atoms with Crippen LogP contribution in [0.2, 0.25) is 0 Å². The third-order valence-electron chi connectivity index (χ3n) is 5.83. The van der Waals surface area contributed by atoms with Crippen molar-refractivity contribution in [2.75, 3.05) is 18.5 Å². The molecule has 2 N–H and O–H groups in total. The fourth-order valence-electron chi connectivity index (χ4n) is 4.32. The Labute approximate surface area is 166 Å². The van der Waals surface area contributed by atoms with E-state index in [0.717, 1.165) is 30.2 Å². The highest BCUT2D eigenvalue weighted by Gasteiger charge is 2.29. The van der Waals surface area contributed by atoms with Crippen molar-refractivity contribution < 1.29 is 9.84 Å². The van der Waals surface area contributed by atoms with Crippen LogP contribution < -0.4 is 10.9 Å². The van der Waals surface area contributed by atoms with Gasteiger partial charge in [0.1, 0.15) is 10.3 Å². The number of hydrogen-bond acceptors (Lipinski definition) is 6. The second-order valence-electron chi connectivity index (χ2n) is 7.73. The van der Waals surface area contributed by atoms with E-state index in [0.29, 0.717) is 41.8 Å². The van der Waals surface area contributed by atoms with E-state index >= 15 is 0 Å². The van der Waals surface area contributed by atoms with E-state index in [-0.39, 0.29) is 17.6 Å². The monoisotopic (exact) mass is 436 g/mol. The highest BCUT2D eigenvalue weighted by atomic mass is 79.9. The third-order valence-corrected chi connectivity index (χ3v) is 6.41. The molecule has 3 heterocycles.